The summed E-state index contributed by atoms with van der Waals surface area (Å²) in [6.45, 7) is 0. The smallest absolute Gasteiger partial charge is 0.422 e. The molecular formula is C7H6BClO3. The molecule has 0 aliphatic carbocycles. The van der Waals surface area contributed by atoms with E-state index in [1.807, 2.05) is 0 Å². The Morgan fingerprint density at radius 1 is 1.42 bits per heavy atom. The van der Waals surface area contributed by atoms with Gasteiger partial charge in [-0.3, -0.25) is 4.79 Å². The van der Waals surface area contributed by atoms with E-state index >= 15 is 0 Å². The van der Waals surface area contributed by atoms with Crippen LogP contribution in [0.4, 0.5) is 0 Å². The van der Waals surface area contributed by atoms with Crippen LogP contribution in [-0.2, 0) is 4.21 Å². The molecule has 1 aromatic rings. The summed E-state index contributed by atoms with van der Waals surface area (Å²) >= 11 is 4.94. The zero-order valence-electron chi connectivity index (χ0n) is 6.11. The second kappa shape index (κ2) is 4.26. The third-order valence-corrected chi connectivity index (χ3v) is 1.61. The molecule has 1 rings (SSSR count). The standard InChI is InChI=1S/C7H6BClO3/c9-12-8(11)7-3-1-6(5-10)2-4-7/h1-5,11H. The van der Waals surface area contributed by atoms with Crippen LogP contribution in [0.5, 0.6) is 0 Å². The molecule has 0 bridgehead atoms. The normalized spacial score (nSPS) is 9.50. The van der Waals surface area contributed by atoms with Crippen molar-refractivity contribution < 1.29 is 14.0 Å². The van der Waals surface area contributed by atoms with E-state index in [0.29, 0.717) is 11.0 Å². The van der Waals surface area contributed by atoms with Crippen molar-refractivity contribution in [1.82, 2.24) is 0 Å². The molecule has 0 fully saturated rings. The van der Waals surface area contributed by atoms with Crippen molar-refractivity contribution in [3.05, 3.63) is 29.8 Å². The topological polar surface area (TPSA) is 46.5 Å². The highest BCUT2D eigenvalue weighted by Gasteiger charge is 2.14. The molecule has 0 aromatic heterocycles. The zero-order chi connectivity index (χ0) is 8.97. The molecule has 3 nitrogen and oxygen atoms in total. The van der Waals surface area contributed by atoms with Gasteiger partial charge in [-0.2, -0.15) is 0 Å². The SMILES string of the molecule is O=Cc1ccc(B(O)OCl)cc1. The van der Waals surface area contributed by atoms with Gasteiger partial charge in [-0.15, -0.1) is 0 Å². The second-order valence-electron chi connectivity index (χ2n) is 2.23. The summed E-state index contributed by atoms with van der Waals surface area (Å²) in [7, 11) is -1.15. The van der Waals surface area contributed by atoms with E-state index in [9.17, 15) is 4.79 Å². The number of halogens is 1. The van der Waals surface area contributed by atoms with E-state index in [1.165, 1.54) is 0 Å². The molecule has 0 unspecified atom stereocenters. The summed E-state index contributed by atoms with van der Waals surface area (Å²) in [4.78, 5) is 10.2. The van der Waals surface area contributed by atoms with E-state index < -0.39 is 7.12 Å². The predicted octanol–water partition coefficient (Wildman–Crippen LogP) is 0.357. The van der Waals surface area contributed by atoms with E-state index in [0.717, 1.165) is 6.29 Å². The fraction of sp³-hybridized carbons (Fsp3) is 0. The molecule has 0 aliphatic heterocycles. The summed E-state index contributed by atoms with van der Waals surface area (Å²) in [6.07, 6.45) is 0.720. The molecular weight excluding hydrogens is 178 g/mol. The predicted molar refractivity (Wildman–Crippen MR) is 46.4 cm³/mol. The van der Waals surface area contributed by atoms with Crippen LogP contribution in [0, 0.1) is 0 Å². The molecule has 0 spiro atoms. The van der Waals surface area contributed by atoms with Gasteiger partial charge >= 0.3 is 7.12 Å². The highest BCUT2D eigenvalue weighted by atomic mass is 35.5. The van der Waals surface area contributed by atoms with Crippen molar-refractivity contribution in [2.75, 3.05) is 0 Å². The third-order valence-electron chi connectivity index (χ3n) is 1.44. The molecule has 0 saturated carbocycles. The Morgan fingerprint density at radius 2 is 2.00 bits per heavy atom. The van der Waals surface area contributed by atoms with Crippen molar-refractivity contribution >= 4 is 30.7 Å². The summed E-state index contributed by atoms with van der Waals surface area (Å²) < 4.78 is 4.15. The average molecular weight is 184 g/mol. The summed E-state index contributed by atoms with van der Waals surface area (Å²) in [5.41, 5.74) is 1.05. The van der Waals surface area contributed by atoms with Crippen LogP contribution >= 0.6 is 11.9 Å². The number of carbonyl (C=O) groups is 1. The van der Waals surface area contributed by atoms with Gasteiger partial charge in [-0.05, 0) is 5.46 Å². The van der Waals surface area contributed by atoms with Crippen LogP contribution in [0.15, 0.2) is 24.3 Å². The number of carbonyl (C=O) groups excluding carboxylic acids is 1. The highest BCUT2D eigenvalue weighted by Crippen LogP contribution is 1.94. The van der Waals surface area contributed by atoms with Gasteiger partial charge in [0.05, 0.1) is 0 Å². The number of aldehydes is 1. The lowest BCUT2D eigenvalue weighted by atomic mass is 9.80. The Kier molecular flexibility index (Phi) is 3.28. The Morgan fingerprint density at radius 3 is 2.42 bits per heavy atom. The van der Waals surface area contributed by atoms with E-state index in [-0.39, 0.29) is 0 Å². The van der Waals surface area contributed by atoms with Crippen LogP contribution in [-0.4, -0.2) is 18.4 Å². The Bertz CT molecular complexity index is 262. The molecule has 0 aliphatic rings. The Labute approximate surface area is 75.2 Å². The fourth-order valence-corrected chi connectivity index (χ4v) is 0.894. The van der Waals surface area contributed by atoms with E-state index in [4.69, 9.17) is 16.9 Å². The van der Waals surface area contributed by atoms with Crippen molar-refractivity contribution in [2.45, 2.75) is 0 Å². The first-order valence-corrected chi connectivity index (χ1v) is 3.59. The molecule has 1 N–H and O–H groups in total. The van der Waals surface area contributed by atoms with E-state index in [1.54, 1.807) is 24.3 Å². The molecule has 0 amide bonds. The Balaban J connectivity index is 2.84. The van der Waals surface area contributed by atoms with Crippen molar-refractivity contribution in [3.8, 4) is 0 Å². The van der Waals surface area contributed by atoms with Crippen molar-refractivity contribution in [1.29, 1.82) is 0 Å². The summed E-state index contributed by atoms with van der Waals surface area (Å²) in [5.74, 6) is 0. The number of hydrogen-bond donors (Lipinski definition) is 1. The van der Waals surface area contributed by atoms with Crippen LogP contribution in [0.1, 0.15) is 10.4 Å². The lowest BCUT2D eigenvalue weighted by Gasteiger charge is -2.00. The minimum atomic E-state index is -1.15. The number of hydrogen-bond acceptors (Lipinski definition) is 3. The quantitative estimate of drug-likeness (QED) is 0.545. The average Bonchev–Trinajstić information content (AvgIpc) is 2.17. The van der Waals surface area contributed by atoms with Gasteiger partial charge in [-0.1, -0.05) is 24.3 Å². The largest absolute Gasteiger partial charge is 0.508 e. The molecule has 0 saturated heterocycles. The first kappa shape index (κ1) is 9.25. The van der Waals surface area contributed by atoms with Crippen LogP contribution in [0.3, 0.4) is 0 Å². The molecule has 0 atom stereocenters. The van der Waals surface area contributed by atoms with E-state index in [2.05, 4.69) is 4.21 Å². The van der Waals surface area contributed by atoms with Crippen LogP contribution in [0.2, 0.25) is 0 Å². The maximum absolute atomic E-state index is 10.2. The minimum absolute atomic E-state index is 0.510. The third kappa shape index (κ3) is 2.07. The lowest BCUT2D eigenvalue weighted by molar-refractivity contribution is 0.112. The molecule has 1 aromatic carbocycles. The zero-order valence-corrected chi connectivity index (χ0v) is 6.86. The van der Waals surface area contributed by atoms with Gasteiger partial charge in [0.15, 0.2) is 0 Å². The maximum atomic E-state index is 10.2. The van der Waals surface area contributed by atoms with Crippen molar-refractivity contribution in [3.63, 3.8) is 0 Å². The number of rotatable bonds is 3. The summed E-state index contributed by atoms with van der Waals surface area (Å²) in [5, 5.41) is 9.05. The van der Waals surface area contributed by atoms with Gasteiger partial charge in [-0.25, -0.2) is 0 Å². The lowest BCUT2D eigenvalue weighted by Crippen LogP contribution is -2.30. The molecule has 12 heavy (non-hydrogen) atoms. The minimum Gasteiger partial charge on any atom is -0.422 e. The first-order chi connectivity index (χ1) is 5.77. The van der Waals surface area contributed by atoms with Crippen LogP contribution in [0.25, 0.3) is 0 Å². The molecule has 0 heterocycles. The van der Waals surface area contributed by atoms with Crippen LogP contribution < -0.4 is 5.46 Å². The Hall–Kier alpha value is -0.835. The first-order valence-electron chi connectivity index (χ1n) is 3.28. The monoisotopic (exact) mass is 184 g/mol. The van der Waals surface area contributed by atoms with Gasteiger partial charge in [0.1, 0.15) is 6.29 Å². The summed E-state index contributed by atoms with van der Waals surface area (Å²) in [6, 6.07) is 6.27. The molecule has 5 heteroatoms. The van der Waals surface area contributed by atoms with Gasteiger partial charge in [0, 0.05) is 17.4 Å². The van der Waals surface area contributed by atoms with Crippen molar-refractivity contribution in [2.24, 2.45) is 0 Å². The number of benzene rings is 1. The molecule has 0 radical (unpaired) electrons. The van der Waals surface area contributed by atoms with Gasteiger partial charge in [0.25, 0.3) is 0 Å². The van der Waals surface area contributed by atoms with Gasteiger partial charge < -0.3 is 9.23 Å². The fourth-order valence-electron chi connectivity index (χ4n) is 0.791. The van der Waals surface area contributed by atoms with Gasteiger partial charge in [0.2, 0.25) is 0 Å². The maximum Gasteiger partial charge on any atom is 0.508 e. The highest BCUT2D eigenvalue weighted by molar-refractivity contribution is 6.63. The molecule has 62 valence electrons. The second-order valence-corrected chi connectivity index (χ2v) is 2.40.